The first-order chi connectivity index (χ1) is 9.59. The van der Waals surface area contributed by atoms with Crippen LogP contribution in [-0.2, 0) is 15.3 Å². The lowest BCUT2D eigenvalue weighted by Crippen LogP contribution is -2.32. The summed E-state index contributed by atoms with van der Waals surface area (Å²) in [5.41, 5.74) is 1.17. The van der Waals surface area contributed by atoms with Crippen molar-refractivity contribution < 1.29 is 14.6 Å². The van der Waals surface area contributed by atoms with Crippen LogP contribution in [0.2, 0.25) is 0 Å². The summed E-state index contributed by atoms with van der Waals surface area (Å²) in [5, 5.41) is 10.5. The van der Waals surface area contributed by atoms with E-state index in [0.717, 1.165) is 10.0 Å². The van der Waals surface area contributed by atoms with Crippen molar-refractivity contribution in [2.24, 2.45) is 0 Å². The number of hydrogen-bond donors (Lipinski definition) is 1. The van der Waals surface area contributed by atoms with Crippen molar-refractivity contribution in [1.82, 2.24) is 0 Å². The molecule has 0 aliphatic carbocycles. The van der Waals surface area contributed by atoms with Crippen molar-refractivity contribution in [3.05, 3.63) is 76.3 Å². The molecule has 100 valence electrons. The van der Waals surface area contributed by atoms with E-state index < -0.39 is 11.6 Å². The van der Waals surface area contributed by atoms with Crippen molar-refractivity contribution >= 4 is 27.5 Å². The quantitative estimate of drug-likeness (QED) is 0.919. The van der Waals surface area contributed by atoms with Crippen molar-refractivity contribution in [2.45, 2.75) is 5.79 Å². The lowest BCUT2D eigenvalue weighted by molar-refractivity contribution is -0.173. The molecule has 0 spiro atoms. The molecule has 0 aromatic heterocycles. The number of halogens is 1. The SMILES string of the molecule is O=C1C=C(c2ccccc2)OC1(O)c1ccc(Br)cc1. The zero-order chi connectivity index (χ0) is 14.2. The first-order valence-electron chi connectivity index (χ1n) is 6.08. The topological polar surface area (TPSA) is 46.5 Å². The second-order valence-electron chi connectivity index (χ2n) is 4.49. The van der Waals surface area contributed by atoms with Gasteiger partial charge in [-0.1, -0.05) is 58.4 Å². The molecule has 1 N–H and O–H groups in total. The molecular weight excluding hydrogens is 320 g/mol. The van der Waals surface area contributed by atoms with Crippen molar-refractivity contribution in [1.29, 1.82) is 0 Å². The van der Waals surface area contributed by atoms with Crippen LogP contribution in [0, 0.1) is 0 Å². The van der Waals surface area contributed by atoms with Gasteiger partial charge in [-0.2, -0.15) is 0 Å². The Labute approximate surface area is 124 Å². The van der Waals surface area contributed by atoms with Gasteiger partial charge in [0.25, 0.3) is 5.79 Å². The molecule has 1 unspecified atom stereocenters. The van der Waals surface area contributed by atoms with Gasteiger partial charge in [-0.25, -0.2) is 0 Å². The normalized spacial score (nSPS) is 21.5. The van der Waals surface area contributed by atoms with Gasteiger partial charge in [-0.05, 0) is 12.1 Å². The van der Waals surface area contributed by atoms with Gasteiger partial charge in [0.05, 0.1) is 0 Å². The van der Waals surface area contributed by atoms with Gasteiger partial charge in [-0.15, -0.1) is 0 Å². The number of aliphatic hydroxyl groups is 1. The van der Waals surface area contributed by atoms with E-state index in [0.29, 0.717) is 11.3 Å². The molecular formula is C16H11BrO3. The Morgan fingerprint density at radius 2 is 1.65 bits per heavy atom. The van der Waals surface area contributed by atoms with E-state index >= 15 is 0 Å². The number of ketones is 1. The van der Waals surface area contributed by atoms with Crippen LogP contribution < -0.4 is 0 Å². The monoisotopic (exact) mass is 330 g/mol. The standard InChI is InChI=1S/C16H11BrO3/c17-13-8-6-12(7-9-13)16(19)15(18)10-14(20-16)11-4-2-1-3-5-11/h1-10,19H. The predicted molar refractivity (Wildman–Crippen MR) is 78.5 cm³/mol. The van der Waals surface area contributed by atoms with Crippen molar-refractivity contribution in [2.75, 3.05) is 0 Å². The molecule has 4 heteroatoms. The van der Waals surface area contributed by atoms with E-state index in [2.05, 4.69) is 15.9 Å². The van der Waals surface area contributed by atoms with Gasteiger partial charge in [0, 0.05) is 21.7 Å². The summed E-state index contributed by atoms with van der Waals surface area (Å²) in [6.45, 7) is 0. The Hall–Kier alpha value is -1.91. The number of carbonyl (C=O) groups is 1. The molecule has 1 atom stereocenters. The van der Waals surface area contributed by atoms with Gasteiger partial charge in [0.15, 0.2) is 0 Å². The Morgan fingerprint density at radius 1 is 1.00 bits per heavy atom. The zero-order valence-electron chi connectivity index (χ0n) is 10.4. The second kappa shape index (κ2) is 4.89. The van der Waals surface area contributed by atoms with E-state index in [1.54, 1.807) is 24.3 Å². The van der Waals surface area contributed by atoms with Crippen LogP contribution in [0.25, 0.3) is 5.76 Å². The molecule has 1 aliphatic heterocycles. The van der Waals surface area contributed by atoms with Crippen LogP contribution in [0.5, 0.6) is 0 Å². The van der Waals surface area contributed by atoms with Crippen LogP contribution >= 0.6 is 15.9 Å². The van der Waals surface area contributed by atoms with Crippen LogP contribution in [-0.4, -0.2) is 10.9 Å². The number of ether oxygens (including phenoxy) is 1. The van der Waals surface area contributed by atoms with Gasteiger partial charge < -0.3 is 9.84 Å². The number of carbonyl (C=O) groups excluding carboxylic acids is 1. The molecule has 0 fully saturated rings. The van der Waals surface area contributed by atoms with Gasteiger partial charge >= 0.3 is 0 Å². The third kappa shape index (κ3) is 2.17. The van der Waals surface area contributed by atoms with Crippen LogP contribution in [0.1, 0.15) is 11.1 Å². The summed E-state index contributed by atoms with van der Waals surface area (Å²) in [6.07, 6.45) is 1.33. The Morgan fingerprint density at radius 3 is 2.30 bits per heavy atom. The van der Waals surface area contributed by atoms with Gasteiger partial charge in [0.1, 0.15) is 5.76 Å². The van der Waals surface area contributed by atoms with Gasteiger partial charge in [0.2, 0.25) is 5.78 Å². The highest BCUT2D eigenvalue weighted by Crippen LogP contribution is 2.37. The Kier molecular flexibility index (Phi) is 3.20. The van der Waals surface area contributed by atoms with Crippen LogP contribution in [0.3, 0.4) is 0 Å². The maximum atomic E-state index is 12.1. The summed E-state index contributed by atoms with van der Waals surface area (Å²) < 4.78 is 6.39. The third-order valence-corrected chi connectivity index (χ3v) is 3.68. The third-order valence-electron chi connectivity index (χ3n) is 3.15. The molecule has 2 aromatic rings. The summed E-state index contributed by atoms with van der Waals surface area (Å²) in [4.78, 5) is 12.1. The minimum Gasteiger partial charge on any atom is -0.450 e. The molecule has 0 amide bonds. The molecule has 0 saturated carbocycles. The van der Waals surface area contributed by atoms with E-state index in [-0.39, 0.29) is 0 Å². The molecule has 1 heterocycles. The highest BCUT2D eigenvalue weighted by molar-refractivity contribution is 9.10. The summed E-state index contributed by atoms with van der Waals surface area (Å²) in [7, 11) is 0. The first kappa shape index (κ1) is 13.1. The lowest BCUT2D eigenvalue weighted by Gasteiger charge is -2.22. The van der Waals surface area contributed by atoms with E-state index in [1.807, 2.05) is 30.3 Å². The highest BCUT2D eigenvalue weighted by Gasteiger charge is 2.44. The minimum absolute atomic E-state index is 0.376. The van der Waals surface area contributed by atoms with E-state index in [9.17, 15) is 9.90 Å². The Balaban J connectivity index is 1.95. The lowest BCUT2D eigenvalue weighted by atomic mass is 10.0. The smallest absolute Gasteiger partial charge is 0.299 e. The zero-order valence-corrected chi connectivity index (χ0v) is 12.0. The molecule has 1 aliphatic rings. The van der Waals surface area contributed by atoms with Gasteiger partial charge in [-0.3, -0.25) is 4.79 Å². The first-order valence-corrected chi connectivity index (χ1v) is 6.88. The molecule has 0 bridgehead atoms. The fourth-order valence-corrected chi connectivity index (χ4v) is 2.34. The summed E-state index contributed by atoms with van der Waals surface area (Å²) >= 11 is 3.31. The van der Waals surface area contributed by atoms with E-state index in [4.69, 9.17) is 4.74 Å². The van der Waals surface area contributed by atoms with Crippen molar-refractivity contribution in [3.63, 3.8) is 0 Å². The molecule has 3 nitrogen and oxygen atoms in total. The summed E-state index contributed by atoms with van der Waals surface area (Å²) in [6, 6.07) is 16.0. The van der Waals surface area contributed by atoms with Crippen molar-refractivity contribution in [3.8, 4) is 0 Å². The molecule has 0 radical (unpaired) electrons. The maximum absolute atomic E-state index is 12.1. The van der Waals surface area contributed by atoms with Crippen LogP contribution in [0.4, 0.5) is 0 Å². The maximum Gasteiger partial charge on any atom is 0.299 e. The fraction of sp³-hybridized carbons (Fsp3) is 0.0625. The number of hydrogen-bond acceptors (Lipinski definition) is 3. The highest BCUT2D eigenvalue weighted by atomic mass is 79.9. The number of benzene rings is 2. The Bertz CT molecular complexity index is 677. The molecule has 20 heavy (non-hydrogen) atoms. The predicted octanol–water partition coefficient (Wildman–Crippen LogP) is 3.23. The van der Waals surface area contributed by atoms with Crippen LogP contribution in [0.15, 0.2) is 65.1 Å². The molecule has 2 aromatic carbocycles. The minimum atomic E-state index is -1.94. The second-order valence-corrected chi connectivity index (χ2v) is 5.41. The average Bonchev–Trinajstić information content (AvgIpc) is 2.78. The van der Waals surface area contributed by atoms with E-state index in [1.165, 1.54) is 6.08 Å². The molecule has 0 saturated heterocycles. The number of rotatable bonds is 2. The summed E-state index contributed by atoms with van der Waals surface area (Å²) in [5.74, 6) is -2.04. The largest absolute Gasteiger partial charge is 0.450 e. The fourth-order valence-electron chi connectivity index (χ4n) is 2.08. The molecule has 3 rings (SSSR count). The average molecular weight is 331 g/mol.